The highest BCUT2D eigenvalue weighted by Gasteiger charge is 2.27. The van der Waals surface area contributed by atoms with Gasteiger partial charge in [0.2, 0.25) is 0 Å². The van der Waals surface area contributed by atoms with Crippen LogP contribution in [0.2, 0.25) is 0 Å². The summed E-state index contributed by atoms with van der Waals surface area (Å²) in [5.74, 6) is -0.586. The van der Waals surface area contributed by atoms with Crippen LogP contribution >= 0.6 is 0 Å². The van der Waals surface area contributed by atoms with Crippen molar-refractivity contribution in [3.8, 4) is 0 Å². The molecular weight excluding hydrogens is 266 g/mol. The molecule has 0 unspecified atom stereocenters. The normalized spacial score (nSPS) is 10.1. The number of hydrogen-bond acceptors (Lipinski definition) is 5. The van der Waals surface area contributed by atoms with Crippen LogP contribution in [-0.2, 0) is 6.42 Å². The fourth-order valence-corrected chi connectivity index (χ4v) is 1.90. The second-order valence-electron chi connectivity index (χ2n) is 4.12. The van der Waals surface area contributed by atoms with Crippen LogP contribution in [0, 0.1) is 20.2 Å². The van der Waals surface area contributed by atoms with E-state index in [1.54, 1.807) is 6.92 Å². The third kappa shape index (κ3) is 3.28. The Kier molecular flexibility index (Phi) is 5.13. The second kappa shape index (κ2) is 6.60. The van der Waals surface area contributed by atoms with E-state index in [9.17, 15) is 25.0 Å². The molecule has 0 atom stereocenters. The van der Waals surface area contributed by atoms with Crippen LogP contribution in [0.4, 0.5) is 11.4 Å². The lowest BCUT2D eigenvalue weighted by Gasteiger charge is -2.09. The van der Waals surface area contributed by atoms with E-state index in [1.165, 1.54) is 6.07 Å². The van der Waals surface area contributed by atoms with Crippen molar-refractivity contribution in [1.29, 1.82) is 0 Å². The predicted octanol–water partition coefficient (Wildman–Crippen LogP) is 2.21. The van der Waals surface area contributed by atoms with Crippen LogP contribution in [0.1, 0.15) is 36.2 Å². The third-order valence-electron chi connectivity index (χ3n) is 2.68. The van der Waals surface area contributed by atoms with Gasteiger partial charge < -0.3 is 5.32 Å². The van der Waals surface area contributed by atoms with Gasteiger partial charge in [-0.3, -0.25) is 25.0 Å². The van der Waals surface area contributed by atoms with E-state index in [0.717, 1.165) is 6.07 Å². The van der Waals surface area contributed by atoms with Gasteiger partial charge in [0.1, 0.15) is 5.56 Å². The second-order valence-corrected chi connectivity index (χ2v) is 4.12. The molecule has 1 aromatic carbocycles. The smallest absolute Gasteiger partial charge is 0.289 e. The van der Waals surface area contributed by atoms with Gasteiger partial charge in [0.15, 0.2) is 0 Å². The molecule has 1 aromatic rings. The van der Waals surface area contributed by atoms with Crippen molar-refractivity contribution in [2.75, 3.05) is 6.54 Å². The molecule has 0 saturated carbocycles. The number of carbonyl (C=O) groups excluding carboxylic acids is 1. The summed E-state index contributed by atoms with van der Waals surface area (Å²) in [7, 11) is 0. The Morgan fingerprint density at radius 2 is 1.85 bits per heavy atom. The zero-order valence-electron chi connectivity index (χ0n) is 11.2. The minimum Gasteiger partial charge on any atom is -0.352 e. The van der Waals surface area contributed by atoms with Crippen LogP contribution < -0.4 is 5.32 Å². The van der Waals surface area contributed by atoms with E-state index in [4.69, 9.17) is 0 Å². The zero-order chi connectivity index (χ0) is 15.3. The van der Waals surface area contributed by atoms with Crippen molar-refractivity contribution in [2.45, 2.75) is 26.7 Å². The van der Waals surface area contributed by atoms with E-state index in [0.29, 0.717) is 24.9 Å². The number of hydrogen-bond donors (Lipinski definition) is 1. The van der Waals surface area contributed by atoms with Gasteiger partial charge >= 0.3 is 0 Å². The van der Waals surface area contributed by atoms with Gasteiger partial charge in [-0.25, -0.2) is 0 Å². The monoisotopic (exact) mass is 281 g/mol. The molecule has 1 rings (SSSR count). The maximum Gasteiger partial charge on any atom is 0.289 e. The Bertz CT molecular complexity index is 556. The lowest BCUT2D eigenvalue weighted by molar-refractivity contribution is -0.394. The minimum atomic E-state index is -0.767. The number of aryl methyl sites for hydroxylation is 1. The van der Waals surface area contributed by atoms with Gasteiger partial charge in [0.05, 0.1) is 15.9 Å². The van der Waals surface area contributed by atoms with E-state index in [2.05, 4.69) is 5.32 Å². The summed E-state index contributed by atoms with van der Waals surface area (Å²) in [5.41, 5.74) is -0.689. The number of nitrogens with one attached hydrogen (secondary N) is 1. The van der Waals surface area contributed by atoms with Crippen molar-refractivity contribution in [3.63, 3.8) is 0 Å². The number of carbonyl (C=O) groups is 1. The summed E-state index contributed by atoms with van der Waals surface area (Å²) in [6.45, 7) is 3.83. The number of nitro groups is 2. The highest BCUT2D eigenvalue weighted by atomic mass is 16.6. The van der Waals surface area contributed by atoms with Crippen LogP contribution in [-0.4, -0.2) is 22.3 Å². The third-order valence-corrected chi connectivity index (χ3v) is 2.68. The molecule has 20 heavy (non-hydrogen) atoms. The summed E-state index contributed by atoms with van der Waals surface area (Å²) in [5, 5.41) is 24.4. The minimum absolute atomic E-state index is 0.0932. The molecule has 0 bridgehead atoms. The molecule has 0 radical (unpaired) electrons. The Balaban J connectivity index is 3.54. The van der Waals surface area contributed by atoms with Crippen molar-refractivity contribution in [3.05, 3.63) is 43.5 Å². The number of benzene rings is 1. The van der Waals surface area contributed by atoms with E-state index < -0.39 is 21.4 Å². The van der Waals surface area contributed by atoms with Crippen LogP contribution in [0.15, 0.2) is 12.1 Å². The standard InChI is InChI=1S/C12H15N3O5/c1-3-5-8-6-9(14(17)18)7-10(15(19)20)11(8)12(16)13-4-2/h6-7H,3-5H2,1-2H3,(H,13,16). The number of nitrogens with zero attached hydrogens (tertiary/aromatic N) is 2. The fourth-order valence-electron chi connectivity index (χ4n) is 1.90. The Hall–Kier alpha value is -2.51. The van der Waals surface area contributed by atoms with Crippen molar-refractivity contribution in [1.82, 2.24) is 5.32 Å². The molecule has 0 aliphatic heterocycles. The number of amides is 1. The molecule has 0 aromatic heterocycles. The predicted molar refractivity (Wildman–Crippen MR) is 71.8 cm³/mol. The van der Waals surface area contributed by atoms with Gasteiger partial charge in [0.25, 0.3) is 17.3 Å². The molecule has 1 amide bonds. The molecule has 0 fully saturated rings. The Morgan fingerprint density at radius 1 is 1.20 bits per heavy atom. The molecule has 0 spiro atoms. The Morgan fingerprint density at radius 3 is 2.30 bits per heavy atom. The molecule has 0 aliphatic rings. The summed E-state index contributed by atoms with van der Waals surface area (Å²) in [6, 6.07) is 2.05. The first-order chi connectivity index (χ1) is 9.42. The zero-order valence-corrected chi connectivity index (χ0v) is 11.2. The van der Waals surface area contributed by atoms with E-state index >= 15 is 0 Å². The topological polar surface area (TPSA) is 115 Å². The first-order valence-electron chi connectivity index (χ1n) is 6.16. The van der Waals surface area contributed by atoms with E-state index in [1.807, 2.05) is 6.92 Å². The molecular formula is C12H15N3O5. The average molecular weight is 281 g/mol. The molecule has 8 nitrogen and oxygen atoms in total. The summed E-state index contributed by atoms with van der Waals surface area (Å²) in [4.78, 5) is 32.4. The van der Waals surface area contributed by atoms with Crippen LogP contribution in [0.25, 0.3) is 0 Å². The molecule has 0 heterocycles. The first-order valence-corrected chi connectivity index (χ1v) is 6.16. The molecule has 108 valence electrons. The molecule has 1 N–H and O–H groups in total. The maximum absolute atomic E-state index is 12.0. The molecule has 0 saturated heterocycles. The summed E-state index contributed by atoms with van der Waals surface area (Å²) in [6.07, 6.45) is 0.972. The lowest BCUT2D eigenvalue weighted by atomic mass is 9.99. The fraction of sp³-hybridized carbons (Fsp3) is 0.417. The van der Waals surface area contributed by atoms with Gasteiger partial charge in [-0.15, -0.1) is 0 Å². The molecule has 0 aliphatic carbocycles. The number of non-ortho nitro benzene ring substituents is 1. The molecule has 8 heteroatoms. The highest BCUT2D eigenvalue weighted by molar-refractivity contribution is 6.00. The van der Waals surface area contributed by atoms with Gasteiger partial charge in [-0.2, -0.15) is 0 Å². The quantitative estimate of drug-likeness (QED) is 0.633. The van der Waals surface area contributed by atoms with Crippen molar-refractivity contribution >= 4 is 17.3 Å². The van der Waals surface area contributed by atoms with Crippen molar-refractivity contribution in [2.24, 2.45) is 0 Å². The largest absolute Gasteiger partial charge is 0.352 e. The van der Waals surface area contributed by atoms with E-state index in [-0.39, 0.29) is 11.3 Å². The first kappa shape index (κ1) is 15.5. The summed E-state index contributed by atoms with van der Waals surface area (Å²) >= 11 is 0. The van der Waals surface area contributed by atoms with Gasteiger partial charge in [0, 0.05) is 12.6 Å². The number of nitro benzene ring substituents is 2. The Labute approximate surface area is 115 Å². The van der Waals surface area contributed by atoms with Crippen molar-refractivity contribution < 1.29 is 14.6 Å². The van der Waals surface area contributed by atoms with Crippen LogP contribution in [0.5, 0.6) is 0 Å². The van der Waals surface area contributed by atoms with Gasteiger partial charge in [-0.05, 0) is 18.9 Å². The number of rotatable bonds is 6. The maximum atomic E-state index is 12.0. The summed E-state index contributed by atoms with van der Waals surface area (Å²) < 4.78 is 0. The average Bonchev–Trinajstić information content (AvgIpc) is 2.38. The highest BCUT2D eigenvalue weighted by Crippen LogP contribution is 2.29. The lowest BCUT2D eigenvalue weighted by Crippen LogP contribution is -2.25. The van der Waals surface area contributed by atoms with Gasteiger partial charge in [-0.1, -0.05) is 13.3 Å². The van der Waals surface area contributed by atoms with Crippen LogP contribution in [0.3, 0.4) is 0 Å². The SMILES string of the molecule is CCCc1cc([N+](=O)[O-])cc([N+](=O)[O-])c1C(=O)NCC.